The molecule has 3 rings (SSSR count). The Morgan fingerprint density at radius 2 is 2.16 bits per heavy atom. The van der Waals surface area contributed by atoms with E-state index < -0.39 is 5.54 Å². The maximum atomic E-state index is 12.6. The first-order chi connectivity index (χ1) is 9.10. The van der Waals surface area contributed by atoms with Gasteiger partial charge in [0.2, 0.25) is 5.91 Å². The van der Waals surface area contributed by atoms with Crippen molar-refractivity contribution in [2.75, 3.05) is 6.54 Å². The molecule has 1 saturated heterocycles. The van der Waals surface area contributed by atoms with Crippen LogP contribution in [0.25, 0.3) is 0 Å². The maximum absolute atomic E-state index is 12.6. The Kier molecular flexibility index (Phi) is 3.27. The largest absolute Gasteiger partial charge is 0.334 e. The monoisotopic (exact) mass is 278 g/mol. The number of hydrogen-bond donors (Lipinski definition) is 1. The van der Waals surface area contributed by atoms with E-state index in [4.69, 9.17) is 17.3 Å². The molecule has 1 aromatic carbocycles. The normalized spacial score (nSPS) is 25.2. The lowest BCUT2D eigenvalue weighted by atomic mass is 9.76. The summed E-state index contributed by atoms with van der Waals surface area (Å²) < 4.78 is 0. The highest BCUT2D eigenvalue weighted by Crippen LogP contribution is 2.38. The minimum absolute atomic E-state index is 0.126. The van der Waals surface area contributed by atoms with Gasteiger partial charge < -0.3 is 10.6 Å². The van der Waals surface area contributed by atoms with Crippen LogP contribution in [0.2, 0.25) is 5.02 Å². The van der Waals surface area contributed by atoms with Crippen LogP contribution in [-0.4, -0.2) is 22.9 Å². The molecule has 1 unspecified atom stereocenters. The van der Waals surface area contributed by atoms with E-state index in [-0.39, 0.29) is 11.9 Å². The number of hydrogen-bond acceptors (Lipinski definition) is 2. The third-order valence-electron chi connectivity index (χ3n) is 4.42. The molecule has 102 valence electrons. The Morgan fingerprint density at radius 1 is 1.37 bits per heavy atom. The first kappa shape index (κ1) is 12.9. The summed E-state index contributed by atoms with van der Waals surface area (Å²) in [5, 5.41) is 0.725. The quantitative estimate of drug-likeness (QED) is 0.904. The van der Waals surface area contributed by atoms with Crippen LogP contribution >= 0.6 is 11.6 Å². The van der Waals surface area contributed by atoms with Crippen LogP contribution in [-0.2, 0) is 4.79 Å². The lowest BCUT2D eigenvalue weighted by Crippen LogP contribution is -2.59. The van der Waals surface area contributed by atoms with Crippen molar-refractivity contribution in [1.29, 1.82) is 0 Å². The first-order valence-electron chi connectivity index (χ1n) is 6.96. The molecule has 0 spiro atoms. The molecule has 1 heterocycles. The maximum Gasteiger partial charge on any atom is 0.243 e. The third-order valence-corrected chi connectivity index (χ3v) is 4.65. The molecule has 2 N–H and O–H groups in total. The predicted octanol–water partition coefficient (Wildman–Crippen LogP) is 2.88. The fourth-order valence-corrected chi connectivity index (χ4v) is 3.33. The topological polar surface area (TPSA) is 46.3 Å². The van der Waals surface area contributed by atoms with E-state index in [0.29, 0.717) is 0 Å². The Labute approximate surface area is 118 Å². The van der Waals surface area contributed by atoms with E-state index in [9.17, 15) is 4.79 Å². The average Bonchev–Trinajstić information content (AvgIpc) is 2.84. The van der Waals surface area contributed by atoms with Crippen molar-refractivity contribution >= 4 is 17.5 Å². The SMILES string of the molecule is NC1(C(=O)N2CCCC2c2cccc(Cl)c2)CCC1. The third kappa shape index (κ3) is 2.26. The number of likely N-dealkylation sites (tertiary alicyclic amines) is 1. The van der Waals surface area contributed by atoms with Gasteiger partial charge in [0.1, 0.15) is 0 Å². The molecule has 1 aliphatic carbocycles. The van der Waals surface area contributed by atoms with E-state index in [0.717, 1.165) is 49.2 Å². The van der Waals surface area contributed by atoms with Crippen LogP contribution in [0.15, 0.2) is 24.3 Å². The first-order valence-corrected chi connectivity index (χ1v) is 7.33. The van der Waals surface area contributed by atoms with Crippen molar-refractivity contribution in [1.82, 2.24) is 4.90 Å². The van der Waals surface area contributed by atoms with Crippen molar-refractivity contribution in [3.8, 4) is 0 Å². The summed E-state index contributed by atoms with van der Waals surface area (Å²) in [6, 6.07) is 7.96. The van der Waals surface area contributed by atoms with E-state index >= 15 is 0 Å². The molecule has 4 heteroatoms. The Bertz CT molecular complexity index is 499. The van der Waals surface area contributed by atoms with Gasteiger partial charge in [0.15, 0.2) is 0 Å². The summed E-state index contributed by atoms with van der Waals surface area (Å²) in [7, 11) is 0. The highest BCUT2D eigenvalue weighted by atomic mass is 35.5. The van der Waals surface area contributed by atoms with Gasteiger partial charge in [-0.15, -0.1) is 0 Å². The zero-order valence-corrected chi connectivity index (χ0v) is 11.7. The molecule has 0 radical (unpaired) electrons. The van der Waals surface area contributed by atoms with Crippen LogP contribution in [0.5, 0.6) is 0 Å². The molecule has 2 aliphatic rings. The minimum atomic E-state index is -0.596. The summed E-state index contributed by atoms with van der Waals surface area (Å²) in [4.78, 5) is 14.5. The molecule has 1 aliphatic heterocycles. The lowest BCUT2D eigenvalue weighted by molar-refractivity contribution is -0.141. The number of rotatable bonds is 2. The molecule has 1 atom stereocenters. The predicted molar refractivity (Wildman–Crippen MR) is 75.9 cm³/mol. The van der Waals surface area contributed by atoms with E-state index in [1.807, 2.05) is 29.2 Å². The van der Waals surface area contributed by atoms with Crippen molar-refractivity contribution in [2.45, 2.75) is 43.7 Å². The summed E-state index contributed by atoms with van der Waals surface area (Å²) in [5.74, 6) is 0.126. The van der Waals surface area contributed by atoms with Gasteiger partial charge in [0.05, 0.1) is 11.6 Å². The highest BCUT2D eigenvalue weighted by molar-refractivity contribution is 6.30. The molecule has 1 aromatic rings. The van der Waals surface area contributed by atoms with Crippen molar-refractivity contribution in [2.24, 2.45) is 5.73 Å². The molecule has 1 saturated carbocycles. The number of amides is 1. The van der Waals surface area contributed by atoms with Gasteiger partial charge in [-0.05, 0) is 49.8 Å². The van der Waals surface area contributed by atoms with Crippen LogP contribution in [0.4, 0.5) is 0 Å². The van der Waals surface area contributed by atoms with Crippen LogP contribution in [0.1, 0.15) is 43.7 Å². The number of nitrogens with two attached hydrogens (primary N) is 1. The van der Waals surface area contributed by atoms with Crippen molar-refractivity contribution in [3.63, 3.8) is 0 Å². The molecular weight excluding hydrogens is 260 g/mol. The summed E-state index contributed by atoms with van der Waals surface area (Å²) in [5.41, 5.74) is 6.71. The zero-order valence-electron chi connectivity index (χ0n) is 10.9. The van der Waals surface area contributed by atoms with Gasteiger partial charge in [-0.2, -0.15) is 0 Å². The fraction of sp³-hybridized carbons (Fsp3) is 0.533. The van der Waals surface area contributed by atoms with Gasteiger partial charge in [0.25, 0.3) is 0 Å². The fourth-order valence-electron chi connectivity index (χ4n) is 3.13. The Morgan fingerprint density at radius 3 is 2.79 bits per heavy atom. The number of benzene rings is 1. The van der Waals surface area contributed by atoms with Crippen LogP contribution in [0.3, 0.4) is 0 Å². The van der Waals surface area contributed by atoms with Gasteiger partial charge in [0, 0.05) is 11.6 Å². The van der Waals surface area contributed by atoms with Gasteiger partial charge in [-0.1, -0.05) is 23.7 Å². The van der Waals surface area contributed by atoms with Gasteiger partial charge in [-0.25, -0.2) is 0 Å². The van der Waals surface area contributed by atoms with Crippen molar-refractivity contribution < 1.29 is 4.79 Å². The molecule has 0 aromatic heterocycles. The molecule has 1 amide bonds. The second-order valence-corrected chi connectivity index (χ2v) is 6.16. The molecule has 3 nitrogen and oxygen atoms in total. The standard InChI is InChI=1S/C15H19ClN2O/c16-12-5-1-4-11(10-12)13-6-2-9-18(13)14(19)15(17)7-3-8-15/h1,4-5,10,13H,2-3,6-9,17H2. The second kappa shape index (κ2) is 4.80. The summed E-state index contributed by atoms with van der Waals surface area (Å²) >= 11 is 6.05. The summed E-state index contributed by atoms with van der Waals surface area (Å²) in [6.07, 6.45) is 4.76. The number of carbonyl (C=O) groups is 1. The van der Waals surface area contributed by atoms with Gasteiger partial charge >= 0.3 is 0 Å². The van der Waals surface area contributed by atoms with E-state index in [1.54, 1.807) is 0 Å². The number of halogens is 1. The Balaban J connectivity index is 1.83. The van der Waals surface area contributed by atoms with E-state index in [1.165, 1.54) is 0 Å². The second-order valence-electron chi connectivity index (χ2n) is 5.72. The highest BCUT2D eigenvalue weighted by Gasteiger charge is 2.45. The molecule has 0 bridgehead atoms. The zero-order chi connectivity index (χ0) is 13.5. The summed E-state index contributed by atoms with van der Waals surface area (Å²) in [6.45, 7) is 0.814. The smallest absolute Gasteiger partial charge is 0.243 e. The number of carbonyl (C=O) groups excluding carboxylic acids is 1. The van der Waals surface area contributed by atoms with Crippen molar-refractivity contribution in [3.05, 3.63) is 34.9 Å². The van der Waals surface area contributed by atoms with Gasteiger partial charge in [-0.3, -0.25) is 4.79 Å². The molecular formula is C15H19ClN2O. The lowest BCUT2D eigenvalue weighted by Gasteiger charge is -2.41. The number of nitrogens with zero attached hydrogens (tertiary/aromatic N) is 1. The minimum Gasteiger partial charge on any atom is -0.334 e. The van der Waals surface area contributed by atoms with E-state index in [2.05, 4.69) is 0 Å². The van der Waals surface area contributed by atoms with Crippen LogP contribution in [0, 0.1) is 0 Å². The molecule has 19 heavy (non-hydrogen) atoms. The average molecular weight is 279 g/mol. The van der Waals surface area contributed by atoms with Crippen LogP contribution < -0.4 is 5.73 Å². The molecule has 2 fully saturated rings. The Hall–Kier alpha value is -1.06.